The first-order valence-corrected chi connectivity index (χ1v) is 6.69. The summed E-state index contributed by atoms with van der Waals surface area (Å²) in [6.45, 7) is 12.6. The van der Waals surface area contributed by atoms with Gasteiger partial charge < -0.3 is 4.90 Å². The lowest BCUT2D eigenvalue weighted by atomic mass is 10.1. The van der Waals surface area contributed by atoms with E-state index < -0.39 is 0 Å². The van der Waals surface area contributed by atoms with E-state index in [4.69, 9.17) is 0 Å². The van der Waals surface area contributed by atoms with Crippen molar-refractivity contribution >= 4 is 5.69 Å². The van der Waals surface area contributed by atoms with Crippen LogP contribution in [-0.2, 0) is 0 Å². The molecule has 0 unspecified atom stereocenters. The van der Waals surface area contributed by atoms with Crippen molar-refractivity contribution in [3.63, 3.8) is 0 Å². The third kappa shape index (κ3) is 2.47. The van der Waals surface area contributed by atoms with E-state index >= 15 is 0 Å². The van der Waals surface area contributed by atoms with Gasteiger partial charge >= 0.3 is 0 Å². The molecule has 1 aromatic rings. The number of likely N-dealkylation sites (N-methyl/N-ethyl adjacent to an activating group) is 1. The molecule has 0 saturated carbocycles. The number of hydrogen-bond acceptors (Lipinski definition) is 2. The number of rotatable bonds is 2. The van der Waals surface area contributed by atoms with Gasteiger partial charge in [-0.15, -0.1) is 0 Å². The number of nitrogens with zero attached hydrogens (tertiary/aromatic N) is 2. The van der Waals surface area contributed by atoms with Gasteiger partial charge in [-0.25, -0.2) is 0 Å². The van der Waals surface area contributed by atoms with Crippen LogP contribution < -0.4 is 4.90 Å². The Balaban J connectivity index is 2.18. The molecule has 94 valence electrons. The molecule has 0 aliphatic carbocycles. The van der Waals surface area contributed by atoms with E-state index in [1.807, 2.05) is 0 Å². The molecule has 0 aromatic heterocycles. The van der Waals surface area contributed by atoms with E-state index in [0.717, 1.165) is 19.6 Å². The quantitative estimate of drug-likeness (QED) is 0.773. The van der Waals surface area contributed by atoms with E-state index in [1.165, 1.54) is 11.3 Å². The SMILES string of the molecule is CCN1[C@H](C)CN(c2ccccc2C)C[C@@H]1C. The number of benzene rings is 1. The second kappa shape index (κ2) is 5.09. The molecule has 1 aliphatic heterocycles. The maximum atomic E-state index is 2.59. The van der Waals surface area contributed by atoms with Crippen LogP contribution in [0.2, 0.25) is 0 Å². The second-order valence-corrected chi connectivity index (χ2v) is 5.22. The molecule has 2 rings (SSSR count). The van der Waals surface area contributed by atoms with Crippen molar-refractivity contribution in [2.45, 2.75) is 39.8 Å². The number of aryl methyl sites for hydroxylation is 1. The van der Waals surface area contributed by atoms with Gasteiger partial charge in [-0.2, -0.15) is 0 Å². The van der Waals surface area contributed by atoms with Crippen molar-refractivity contribution in [3.8, 4) is 0 Å². The Labute approximate surface area is 105 Å². The number of piperazine rings is 1. The van der Waals surface area contributed by atoms with Crippen LogP contribution in [0.4, 0.5) is 5.69 Å². The molecule has 2 atom stereocenters. The molecule has 17 heavy (non-hydrogen) atoms. The molecule has 2 nitrogen and oxygen atoms in total. The zero-order valence-corrected chi connectivity index (χ0v) is 11.5. The van der Waals surface area contributed by atoms with Gasteiger partial charge in [-0.3, -0.25) is 4.90 Å². The third-order valence-electron chi connectivity index (χ3n) is 3.92. The van der Waals surface area contributed by atoms with Crippen molar-refractivity contribution in [2.75, 3.05) is 24.5 Å². The maximum Gasteiger partial charge on any atom is 0.0396 e. The lowest BCUT2D eigenvalue weighted by Gasteiger charge is -2.45. The van der Waals surface area contributed by atoms with Crippen LogP contribution in [0.1, 0.15) is 26.3 Å². The highest BCUT2D eigenvalue weighted by Crippen LogP contribution is 2.24. The zero-order valence-electron chi connectivity index (χ0n) is 11.5. The third-order valence-corrected chi connectivity index (χ3v) is 3.92. The van der Waals surface area contributed by atoms with Crippen molar-refractivity contribution in [3.05, 3.63) is 29.8 Å². The first kappa shape index (κ1) is 12.4. The van der Waals surface area contributed by atoms with Crippen molar-refractivity contribution in [1.29, 1.82) is 0 Å². The lowest BCUT2D eigenvalue weighted by molar-refractivity contribution is 0.140. The summed E-state index contributed by atoms with van der Waals surface area (Å²) in [7, 11) is 0. The minimum absolute atomic E-state index is 0.642. The van der Waals surface area contributed by atoms with E-state index in [1.54, 1.807) is 0 Å². The smallest absolute Gasteiger partial charge is 0.0396 e. The molecule has 1 aliphatic rings. The van der Waals surface area contributed by atoms with Gasteiger partial charge in [0, 0.05) is 30.9 Å². The van der Waals surface area contributed by atoms with Crippen molar-refractivity contribution in [1.82, 2.24) is 4.90 Å². The summed E-state index contributed by atoms with van der Waals surface area (Å²) >= 11 is 0. The first-order chi connectivity index (χ1) is 8.13. The minimum atomic E-state index is 0.642. The fourth-order valence-corrected chi connectivity index (χ4v) is 3.09. The first-order valence-electron chi connectivity index (χ1n) is 6.69. The Bertz CT molecular complexity index is 363. The molecule has 0 spiro atoms. The predicted octanol–water partition coefficient (Wildman–Crippen LogP) is 2.91. The van der Waals surface area contributed by atoms with Gasteiger partial charge in [0.2, 0.25) is 0 Å². The Hall–Kier alpha value is -1.02. The molecule has 2 heteroatoms. The molecular weight excluding hydrogens is 208 g/mol. The maximum absolute atomic E-state index is 2.59. The van der Waals surface area contributed by atoms with Crippen LogP contribution in [0.5, 0.6) is 0 Å². The molecule has 0 amide bonds. The van der Waals surface area contributed by atoms with Crippen LogP contribution in [0.3, 0.4) is 0 Å². The summed E-state index contributed by atoms with van der Waals surface area (Å²) in [5.74, 6) is 0. The molecule has 1 saturated heterocycles. The van der Waals surface area contributed by atoms with Crippen LogP contribution in [0.15, 0.2) is 24.3 Å². The summed E-state index contributed by atoms with van der Waals surface area (Å²) in [5.41, 5.74) is 2.79. The standard InChI is InChI=1S/C15H24N2/c1-5-17-13(3)10-16(11-14(17)4)15-9-7-6-8-12(15)2/h6-9,13-14H,5,10-11H2,1-4H3/t13-,14+. The molecule has 1 heterocycles. The summed E-state index contributed by atoms with van der Waals surface area (Å²) in [4.78, 5) is 5.13. The highest BCUT2D eigenvalue weighted by atomic mass is 15.3. The lowest BCUT2D eigenvalue weighted by Crippen LogP contribution is -2.56. The number of para-hydroxylation sites is 1. The number of hydrogen-bond donors (Lipinski definition) is 0. The summed E-state index contributed by atoms with van der Waals surface area (Å²) in [5, 5.41) is 0. The average Bonchev–Trinajstić information content (AvgIpc) is 2.29. The highest BCUT2D eigenvalue weighted by molar-refractivity contribution is 5.53. The Morgan fingerprint density at radius 3 is 2.24 bits per heavy atom. The summed E-state index contributed by atoms with van der Waals surface area (Å²) in [6.07, 6.45) is 0. The molecule has 1 fully saturated rings. The monoisotopic (exact) mass is 232 g/mol. The van der Waals surface area contributed by atoms with Gasteiger partial charge in [-0.05, 0) is 38.9 Å². The van der Waals surface area contributed by atoms with Gasteiger partial charge in [-0.1, -0.05) is 25.1 Å². The fraction of sp³-hybridized carbons (Fsp3) is 0.600. The van der Waals surface area contributed by atoms with Crippen LogP contribution in [0.25, 0.3) is 0 Å². The average molecular weight is 232 g/mol. The van der Waals surface area contributed by atoms with Crippen molar-refractivity contribution < 1.29 is 0 Å². The second-order valence-electron chi connectivity index (χ2n) is 5.22. The minimum Gasteiger partial charge on any atom is -0.368 e. The summed E-state index contributed by atoms with van der Waals surface area (Å²) in [6, 6.07) is 10.00. The topological polar surface area (TPSA) is 6.48 Å². The zero-order chi connectivity index (χ0) is 12.4. The predicted molar refractivity (Wildman–Crippen MR) is 74.7 cm³/mol. The molecule has 1 aromatic carbocycles. The van der Waals surface area contributed by atoms with Gasteiger partial charge in [0.1, 0.15) is 0 Å². The van der Waals surface area contributed by atoms with Crippen molar-refractivity contribution in [2.24, 2.45) is 0 Å². The fourth-order valence-electron chi connectivity index (χ4n) is 3.09. The van der Waals surface area contributed by atoms with Gasteiger partial charge in [0.15, 0.2) is 0 Å². The molecule has 0 bridgehead atoms. The van der Waals surface area contributed by atoms with Gasteiger partial charge in [0.05, 0.1) is 0 Å². The molecule has 0 N–H and O–H groups in total. The van der Waals surface area contributed by atoms with E-state index in [-0.39, 0.29) is 0 Å². The van der Waals surface area contributed by atoms with Gasteiger partial charge in [0.25, 0.3) is 0 Å². The molecular formula is C15H24N2. The molecule has 0 radical (unpaired) electrons. The van der Waals surface area contributed by atoms with Crippen LogP contribution >= 0.6 is 0 Å². The van der Waals surface area contributed by atoms with Crippen LogP contribution in [0, 0.1) is 6.92 Å². The van der Waals surface area contributed by atoms with E-state index in [2.05, 4.69) is 61.8 Å². The summed E-state index contributed by atoms with van der Waals surface area (Å²) < 4.78 is 0. The van der Waals surface area contributed by atoms with E-state index in [0.29, 0.717) is 12.1 Å². The number of anilines is 1. The normalized spacial score (nSPS) is 26.2. The Morgan fingerprint density at radius 1 is 1.12 bits per heavy atom. The highest BCUT2D eigenvalue weighted by Gasteiger charge is 2.28. The van der Waals surface area contributed by atoms with Crippen LogP contribution in [-0.4, -0.2) is 36.6 Å². The largest absolute Gasteiger partial charge is 0.368 e. The Morgan fingerprint density at radius 2 is 1.71 bits per heavy atom. The Kier molecular flexibility index (Phi) is 3.72. The van der Waals surface area contributed by atoms with E-state index in [9.17, 15) is 0 Å².